The average Bonchev–Trinajstić information content (AvgIpc) is 2.84. The van der Waals surface area contributed by atoms with Crippen molar-refractivity contribution in [1.82, 2.24) is 13.9 Å². The normalized spacial score (nSPS) is 24.6. The van der Waals surface area contributed by atoms with Gasteiger partial charge in [0.05, 0.1) is 0 Å². The van der Waals surface area contributed by atoms with Crippen LogP contribution in [0.5, 0.6) is 0 Å². The van der Waals surface area contributed by atoms with Gasteiger partial charge >= 0.3 is 0 Å². The summed E-state index contributed by atoms with van der Waals surface area (Å²) >= 11 is 0. The lowest BCUT2D eigenvalue weighted by Gasteiger charge is -2.34. The highest BCUT2D eigenvalue weighted by atomic mass is 32.2. The second-order valence-electron chi connectivity index (χ2n) is 4.80. The van der Waals surface area contributed by atoms with Gasteiger partial charge in [-0.2, -0.15) is 17.0 Å². The molecule has 1 heterocycles. The van der Waals surface area contributed by atoms with Gasteiger partial charge < -0.3 is 5.32 Å². The van der Waals surface area contributed by atoms with E-state index in [1.807, 2.05) is 6.92 Å². The second kappa shape index (κ2) is 5.65. The molecule has 0 aromatic rings. The number of hydrogen-bond donors (Lipinski definition) is 1. The topological polar surface area (TPSA) is 52.7 Å². The highest BCUT2D eigenvalue weighted by Gasteiger charge is 2.35. The van der Waals surface area contributed by atoms with E-state index >= 15 is 0 Å². The number of piperazine rings is 1. The van der Waals surface area contributed by atoms with E-state index in [2.05, 4.69) is 5.32 Å². The summed E-state index contributed by atoms with van der Waals surface area (Å²) in [5.41, 5.74) is 0. The Balaban J connectivity index is 2.10. The smallest absolute Gasteiger partial charge is 0.282 e. The van der Waals surface area contributed by atoms with E-state index < -0.39 is 10.2 Å². The third-order valence-electron chi connectivity index (χ3n) is 3.74. The van der Waals surface area contributed by atoms with Crippen molar-refractivity contribution in [2.75, 3.05) is 32.7 Å². The summed E-state index contributed by atoms with van der Waals surface area (Å²) in [4.78, 5) is 0. The average molecular weight is 261 g/mol. The second-order valence-corrected chi connectivity index (χ2v) is 6.68. The maximum atomic E-state index is 12.5. The van der Waals surface area contributed by atoms with Gasteiger partial charge in [-0.1, -0.05) is 19.8 Å². The molecule has 1 aliphatic heterocycles. The molecule has 0 aromatic carbocycles. The van der Waals surface area contributed by atoms with Crippen LogP contribution in [0.3, 0.4) is 0 Å². The van der Waals surface area contributed by atoms with Gasteiger partial charge in [0.25, 0.3) is 10.2 Å². The molecule has 2 fully saturated rings. The van der Waals surface area contributed by atoms with Gasteiger partial charge in [-0.25, -0.2) is 0 Å². The highest BCUT2D eigenvalue weighted by Crippen LogP contribution is 2.26. The maximum absolute atomic E-state index is 12.5. The quantitative estimate of drug-likeness (QED) is 0.797. The van der Waals surface area contributed by atoms with E-state index in [9.17, 15) is 8.42 Å². The van der Waals surface area contributed by atoms with Gasteiger partial charge in [-0.3, -0.25) is 0 Å². The Morgan fingerprint density at radius 1 is 1.24 bits per heavy atom. The van der Waals surface area contributed by atoms with Gasteiger partial charge in [0.1, 0.15) is 0 Å². The molecule has 0 aromatic heterocycles. The van der Waals surface area contributed by atoms with Gasteiger partial charge in [-0.05, 0) is 12.8 Å². The summed E-state index contributed by atoms with van der Waals surface area (Å²) in [5.74, 6) is 0. The van der Waals surface area contributed by atoms with E-state index in [-0.39, 0.29) is 6.04 Å². The minimum Gasteiger partial charge on any atom is -0.314 e. The molecule has 0 amide bonds. The van der Waals surface area contributed by atoms with Crippen molar-refractivity contribution >= 4 is 10.2 Å². The van der Waals surface area contributed by atoms with Crippen LogP contribution in [0.25, 0.3) is 0 Å². The van der Waals surface area contributed by atoms with Crippen molar-refractivity contribution in [1.29, 1.82) is 0 Å². The van der Waals surface area contributed by atoms with Crippen molar-refractivity contribution in [2.24, 2.45) is 0 Å². The summed E-state index contributed by atoms with van der Waals surface area (Å²) in [6.45, 7) is 5.27. The Morgan fingerprint density at radius 3 is 2.35 bits per heavy atom. The molecule has 1 N–H and O–H groups in total. The maximum Gasteiger partial charge on any atom is 0.282 e. The van der Waals surface area contributed by atoms with E-state index in [1.54, 1.807) is 8.61 Å². The third kappa shape index (κ3) is 2.81. The molecule has 0 atom stereocenters. The number of nitrogens with one attached hydrogen (secondary N) is 1. The summed E-state index contributed by atoms with van der Waals surface area (Å²) in [6.07, 6.45) is 4.38. The van der Waals surface area contributed by atoms with Crippen LogP contribution >= 0.6 is 0 Å². The monoisotopic (exact) mass is 261 g/mol. The summed E-state index contributed by atoms with van der Waals surface area (Å²) < 4.78 is 28.4. The largest absolute Gasteiger partial charge is 0.314 e. The molecule has 6 heteroatoms. The first kappa shape index (κ1) is 13.3. The fourth-order valence-electron chi connectivity index (χ4n) is 2.83. The molecule has 2 aliphatic rings. The first-order valence-electron chi connectivity index (χ1n) is 6.64. The standard InChI is InChI=1S/C11H23N3O2S/c1-2-14(11-5-3-4-6-11)17(15,16)13-9-7-12-8-10-13/h11-12H,2-10H2,1H3. The number of nitrogens with zero attached hydrogens (tertiary/aromatic N) is 2. The van der Waals surface area contributed by atoms with Gasteiger partial charge in [0.2, 0.25) is 0 Å². The summed E-state index contributed by atoms with van der Waals surface area (Å²) in [7, 11) is -3.23. The van der Waals surface area contributed by atoms with E-state index in [1.165, 1.54) is 0 Å². The Kier molecular flexibility index (Phi) is 4.41. The van der Waals surface area contributed by atoms with Gasteiger partial charge in [0, 0.05) is 38.8 Å². The molecule has 100 valence electrons. The zero-order chi connectivity index (χ0) is 12.3. The Bertz CT molecular complexity index is 333. The van der Waals surface area contributed by atoms with E-state index in [0.717, 1.165) is 38.8 Å². The van der Waals surface area contributed by atoms with Crippen molar-refractivity contribution in [3.63, 3.8) is 0 Å². The molecule has 1 saturated heterocycles. The predicted octanol–water partition coefficient (Wildman–Crippen LogP) is 0.401. The van der Waals surface area contributed by atoms with Crippen LogP contribution in [0, 0.1) is 0 Å². The zero-order valence-corrected chi connectivity index (χ0v) is 11.4. The third-order valence-corrected chi connectivity index (χ3v) is 5.91. The van der Waals surface area contributed by atoms with Crippen molar-refractivity contribution < 1.29 is 8.42 Å². The predicted molar refractivity (Wildman–Crippen MR) is 68.0 cm³/mol. The van der Waals surface area contributed by atoms with Crippen LogP contribution in [-0.2, 0) is 10.2 Å². The Hall–Kier alpha value is -0.170. The van der Waals surface area contributed by atoms with Crippen molar-refractivity contribution in [2.45, 2.75) is 38.6 Å². The Labute approximate surface area is 104 Å². The van der Waals surface area contributed by atoms with Crippen LogP contribution in [0.15, 0.2) is 0 Å². The van der Waals surface area contributed by atoms with Gasteiger partial charge in [-0.15, -0.1) is 0 Å². The zero-order valence-electron chi connectivity index (χ0n) is 10.6. The number of rotatable bonds is 4. The molecule has 0 bridgehead atoms. The van der Waals surface area contributed by atoms with Crippen LogP contribution in [-0.4, -0.2) is 55.8 Å². The van der Waals surface area contributed by atoms with Crippen LogP contribution in [0.2, 0.25) is 0 Å². The molecule has 1 aliphatic carbocycles. The highest BCUT2D eigenvalue weighted by molar-refractivity contribution is 7.86. The molecule has 0 radical (unpaired) electrons. The number of hydrogen-bond acceptors (Lipinski definition) is 3. The molecule has 0 unspecified atom stereocenters. The van der Waals surface area contributed by atoms with Crippen LogP contribution in [0.4, 0.5) is 0 Å². The first-order chi connectivity index (χ1) is 8.16. The fourth-order valence-corrected chi connectivity index (χ4v) is 4.68. The van der Waals surface area contributed by atoms with Crippen LogP contribution in [0.1, 0.15) is 32.6 Å². The van der Waals surface area contributed by atoms with Crippen molar-refractivity contribution in [3.05, 3.63) is 0 Å². The van der Waals surface area contributed by atoms with Gasteiger partial charge in [0.15, 0.2) is 0 Å². The van der Waals surface area contributed by atoms with Crippen molar-refractivity contribution in [3.8, 4) is 0 Å². The molecule has 0 spiro atoms. The molecular weight excluding hydrogens is 238 g/mol. The molecule has 5 nitrogen and oxygen atoms in total. The van der Waals surface area contributed by atoms with E-state index in [0.29, 0.717) is 19.6 Å². The molecule has 2 rings (SSSR count). The molecule has 1 saturated carbocycles. The lowest BCUT2D eigenvalue weighted by molar-refractivity contribution is 0.279. The minimum atomic E-state index is -3.23. The van der Waals surface area contributed by atoms with Crippen LogP contribution < -0.4 is 5.32 Å². The summed E-state index contributed by atoms with van der Waals surface area (Å²) in [6, 6.07) is 0.236. The fraction of sp³-hybridized carbons (Fsp3) is 1.00. The lowest BCUT2D eigenvalue weighted by atomic mass is 10.2. The molecule has 17 heavy (non-hydrogen) atoms. The minimum absolute atomic E-state index is 0.236. The Morgan fingerprint density at radius 2 is 1.82 bits per heavy atom. The summed E-state index contributed by atoms with van der Waals surface area (Å²) in [5, 5.41) is 3.19. The molecular formula is C11H23N3O2S. The SMILES string of the molecule is CCN(C1CCCC1)S(=O)(=O)N1CCNCC1. The van der Waals surface area contributed by atoms with E-state index in [4.69, 9.17) is 0 Å². The first-order valence-corrected chi connectivity index (χ1v) is 8.03. The lowest BCUT2D eigenvalue weighted by Crippen LogP contribution is -2.53.